The van der Waals surface area contributed by atoms with Crippen molar-refractivity contribution < 1.29 is 24.8 Å². The van der Waals surface area contributed by atoms with Crippen LogP contribution in [0.25, 0.3) is 0 Å². The summed E-state index contributed by atoms with van der Waals surface area (Å²) in [5, 5.41) is 28.3. The third kappa shape index (κ3) is 3.28. The Morgan fingerprint density at radius 3 is 2.61 bits per heavy atom. The number of benzene rings is 1. The number of rotatable bonds is 4. The lowest BCUT2D eigenvalue weighted by Crippen LogP contribution is -2.49. The van der Waals surface area contributed by atoms with Crippen molar-refractivity contribution in [2.45, 2.75) is 37.6 Å². The first kappa shape index (κ1) is 13.5. The van der Waals surface area contributed by atoms with Gasteiger partial charge in [0.05, 0.1) is 19.3 Å². The molecule has 5 nitrogen and oxygen atoms in total. The van der Waals surface area contributed by atoms with Gasteiger partial charge in [0.15, 0.2) is 6.29 Å². The number of aliphatic hydroxyl groups excluding tert-OH is 3. The molecule has 100 valence electrons. The summed E-state index contributed by atoms with van der Waals surface area (Å²) in [6.45, 7) is 0.0338. The van der Waals surface area contributed by atoms with Crippen LogP contribution in [0.2, 0.25) is 0 Å². The fourth-order valence-corrected chi connectivity index (χ4v) is 1.96. The van der Waals surface area contributed by atoms with Gasteiger partial charge in [0, 0.05) is 6.42 Å². The van der Waals surface area contributed by atoms with Crippen molar-refractivity contribution in [3.8, 4) is 0 Å². The molecule has 1 aromatic carbocycles. The lowest BCUT2D eigenvalue weighted by molar-refractivity contribution is -0.263. The van der Waals surface area contributed by atoms with E-state index in [-0.39, 0.29) is 13.0 Å². The van der Waals surface area contributed by atoms with Crippen LogP contribution in [0.3, 0.4) is 0 Å². The molecule has 18 heavy (non-hydrogen) atoms. The van der Waals surface area contributed by atoms with Crippen molar-refractivity contribution in [2.75, 3.05) is 6.61 Å². The van der Waals surface area contributed by atoms with E-state index in [0.29, 0.717) is 6.61 Å². The van der Waals surface area contributed by atoms with Crippen molar-refractivity contribution in [1.29, 1.82) is 0 Å². The highest BCUT2D eigenvalue weighted by Crippen LogP contribution is 2.22. The molecule has 2 rings (SSSR count). The Morgan fingerprint density at radius 1 is 1.22 bits per heavy atom. The van der Waals surface area contributed by atoms with Crippen molar-refractivity contribution >= 4 is 0 Å². The van der Waals surface area contributed by atoms with Gasteiger partial charge in [0.1, 0.15) is 12.2 Å². The van der Waals surface area contributed by atoms with Gasteiger partial charge in [-0.1, -0.05) is 30.3 Å². The molecule has 1 aliphatic rings. The molecule has 0 saturated carbocycles. The number of hydrogen-bond acceptors (Lipinski definition) is 5. The van der Waals surface area contributed by atoms with Crippen molar-refractivity contribution in [3.05, 3.63) is 35.9 Å². The Labute approximate surface area is 106 Å². The maximum Gasteiger partial charge on any atom is 0.181 e. The molecule has 0 unspecified atom stereocenters. The van der Waals surface area contributed by atoms with Gasteiger partial charge < -0.3 is 24.8 Å². The normalized spacial score (nSPS) is 32.4. The molecule has 1 heterocycles. The van der Waals surface area contributed by atoms with Crippen molar-refractivity contribution in [1.82, 2.24) is 0 Å². The van der Waals surface area contributed by atoms with E-state index in [2.05, 4.69) is 0 Å². The van der Waals surface area contributed by atoms with Crippen molar-refractivity contribution in [3.63, 3.8) is 0 Å². The molecule has 0 amide bonds. The average Bonchev–Trinajstić information content (AvgIpc) is 2.40. The second-order valence-electron chi connectivity index (χ2n) is 4.39. The monoisotopic (exact) mass is 254 g/mol. The number of aliphatic hydroxyl groups is 3. The minimum Gasteiger partial charge on any atom is -0.394 e. The molecule has 0 radical (unpaired) electrons. The summed E-state index contributed by atoms with van der Waals surface area (Å²) in [4.78, 5) is 0. The van der Waals surface area contributed by atoms with Gasteiger partial charge in [-0.05, 0) is 5.56 Å². The Kier molecular flexibility index (Phi) is 4.68. The van der Waals surface area contributed by atoms with Gasteiger partial charge in [-0.2, -0.15) is 0 Å². The Balaban J connectivity index is 1.86. The zero-order valence-electron chi connectivity index (χ0n) is 9.98. The van der Waals surface area contributed by atoms with E-state index in [0.717, 1.165) is 5.56 Å². The first-order valence-corrected chi connectivity index (χ1v) is 5.98. The zero-order valence-corrected chi connectivity index (χ0v) is 9.98. The number of ether oxygens (including phenoxy) is 2. The molecular formula is C13H18O5. The SMILES string of the molecule is OC[C@H]1O[C@H](O)[C@H](OCc2ccccc2)C[C@@H]1O. The highest BCUT2D eigenvalue weighted by molar-refractivity contribution is 5.13. The van der Waals surface area contributed by atoms with E-state index in [1.165, 1.54) is 0 Å². The van der Waals surface area contributed by atoms with Gasteiger partial charge in [-0.25, -0.2) is 0 Å². The molecule has 0 aromatic heterocycles. The highest BCUT2D eigenvalue weighted by Gasteiger charge is 2.36. The summed E-state index contributed by atoms with van der Waals surface area (Å²) in [7, 11) is 0. The van der Waals surface area contributed by atoms with Crippen LogP contribution in [-0.2, 0) is 16.1 Å². The standard InChI is InChI=1S/C13H18O5/c14-7-12-10(15)6-11(13(16)18-12)17-8-9-4-2-1-3-5-9/h1-5,10-16H,6-8H2/t10-,11+,12+,13-/m0/s1. The third-order valence-corrected chi connectivity index (χ3v) is 3.02. The summed E-state index contributed by atoms with van der Waals surface area (Å²) >= 11 is 0. The molecule has 4 atom stereocenters. The van der Waals surface area contributed by atoms with E-state index in [1.54, 1.807) is 0 Å². The minimum absolute atomic E-state index is 0.249. The maximum absolute atomic E-state index is 9.70. The predicted octanol–water partition coefficient (Wildman–Crippen LogP) is 0.0323. The van der Waals surface area contributed by atoms with Gasteiger partial charge in [0.25, 0.3) is 0 Å². The quantitative estimate of drug-likeness (QED) is 0.706. The fraction of sp³-hybridized carbons (Fsp3) is 0.538. The smallest absolute Gasteiger partial charge is 0.181 e. The third-order valence-electron chi connectivity index (χ3n) is 3.02. The van der Waals surface area contributed by atoms with E-state index in [4.69, 9.17) is 14.6 Å². The Morgan fingerprint density at radius 2 is 1.94 bits per heavy atom. The molecule has 0 aliphatic carbocycles. The van der Waals surface area contributed by atoms with Crippen LogP contribution < -0.4 is 0 Å². The van der Waals surface area contributed by atoms with E-state index in [1.807, 2.05) is 30.3 Å². The molecule has 3 N–H and O–H groups in total. The van der Waals surface area contributed by atoms with E-state index in [9.17, 15) is 10.2 Å². The van der Waals surface area contributed by atoms with Crippen LogP contribution in [0.4, 0.5) is 0 Å². The molecular weight excluding hydrogens is 236 g/mol. The lowest BCUT2D eigenvalue weighted by Gasteiger charge is -2.35. The molecule has 1 saturated heterocycles. The van der Waals surface area contributed by atoms with Gasteiger partial charge in [-0.15, -0.1) is 0 Å². The molecule has 5 heteroatoms. The topological polar surface area (TPSA) is 79.2 Å². The zero-order chi connectivity index (χ0) is 13.0. The fourth-order valence-electron chi connectivity index (χ4n) is 1.96. The van der Waals surface area contributed by atoms with Gasteiger partial charge >= 0.3 is 0 Å². The second kappa shape index (κ2) is 6.26. The van der Waals surface area contributed by atoms with Crippen LogP contribution in [0.5, 0.6) is 0 Å². The van der Waals surface area contributed by atoms with Crippen LogP contribution in [0, 0.1) is 0 Å². The maximum atomic E-state index is 9.70. The highest BCUT2D eigenvalue weighted by atomic mass is 16.6. The average molecular weight is 254 g/mol. The largest absolute Gasteiger partial charge is 0.394 e. The lowest BCUT2D eigenvalue weighted by atomic mass is 10.0. The Hall–Kier alpha value is -0.980. The molecule has 0 spiro atoms. The first-order chi connectivity index (χ1) is 8.70. The Bertz CT molecular complexity index is 356. The summed E-state index contributed by atoms with van der Waals surface area (Å²) in [6.07, 6.45) is -3.01. The van der Waals surface area contributed by atoms with Crippen LogP contribution in [-0.4, -0.2) is 46.5 Å². The van der Waals surface area contributed by atoms with Gasteiger partial charge in [0.2, 0.25) is 0 Å². The van der Waals surface area contributed by atoms with Crippen LogP contribution in [0.15, 0.2) is 30.3 Å². The van der Waals surface area contributed by atoms with Crippen LogP contribution in [0.1, 0.15) is 12.0 Å². The molecule has 1 aliphatic heterocycles. The van der Waals surface area contributed by atoms with E-state index < -0.39 is 24.6 Å². The predicted molar refractivity (Wildman–Crippen MR) is 63.6 cm³/mol. The molecule has 0 bridgehead atoms. The van der Waals surface area contributed by atoms with E-state index >= 15 is 0 Å². The second-order valence-corrected chi connectivity index (χ2v) is 4.39. The van der Waals surface area contributed by atoms with Crippen LogP contribution >= 0.6 is 0 Å². The summed E-state index contributed by atoms with van der Waals surface area (Å²) in [6, 6.07) is 9.57. The summed E-state index contributed by atoms with van der Waals surface area (Å²) < 4.78 is 10.6. The van der Waals surface area contributed by atoms with Gasteiger partial charge in [-0.3, -0.25) is 0 Å². The number of hydrogen-bond donors (Lipinski definition) is 3. The summed E-state index contributed by atoms with van der Waals surface area (Å²) in [5.41, 5.74) is 0.989. The van der Waals surface area contributed by atoms with Crippen molar-refractivity contribution in [2.24, 2.45) is 0 Å². The molecule has 1 aromatic rings. The minimum atomic E-state index is -1.12. The summed E-state index contributed by atoms with van der Waals surface area (Å²) in [5.74, 6) is 0. The molecule has 1 fully saturated rings. The first-order valence-electron chi connectivity index (χ1n) is 5.98.